The van der Waals surface area contributed by atoms with Gasteiger partial charge in [-0.2, -0.15) is 13.2 Å². The van der Waals surface area contributed by atoms with Crippen LogP contribution < -0.4 is 15.0 Å². The van der Waals surface area contributed by atoms with E-state index in [0.717, 1.165) is 43.9 Å². The maximum Gasteiger partial charge on any atom is 0.416 e. The number of para-hydroxylation sites is 1. The van der Waals surface area contributed by atoms with Gasteiger partial charge in [0, 0.05) is 44.4 Å². The summed E-state index contributed by atoms with van der Waals surface area (Å²) >= 11 is 4.61. The number of alkyl halides is 5. The average molecular weight is 622 g/mol. The second-order valence-corrected chi connectivity index (χ2v) is 10.1. The number of piperazine rings is 1. The Morgan fingerprint density at radius 1 is 1.02 bits per heavy atom. The zero-order chi connectivity index (χ0) is 31.8. The summed E-state index contributed by atoms with van der Waals surface area (Å²) in [6.07, 6.45) is -4.71. The summed E-state index contributed by atoms with van der Waals surface area (Å²) in [7, 11) is 0. The van der Waals surface area contributed by atoms with Crippen LogP contribution in [-0.2, 0) is 23.5 Å². The van der Waals surface area contributed by atoms with Crippen molar-refractivity contribution >= 4 is 29.3 Å². The lowest BCUT2D eigenvalue weighted by Crippen LogP contribution is -2.48. The van der Waals surface area contributed by atoms with E-state index in [-0.39, 0.29) is 23.0 Å². The number of carbonyl (C=O) groups excluding carboxylic acids is 1. The van der Waals surface area contributed by atoms with E-state index in [4.69, 9.17) is 4.74 Å². The molecule has 0 aliphatic carbocycles. The Labute approximate surface area is 252 Å². The smallest absolute Gasteiger partial charge is 0.416 e. The van der Waals surface area contributed by atoms with Crippen molar-refractivity contribution in [1.29, 1.82) is 0 Å². The minimum Gasteiger partial charge on any atom is -0.504 e. The van der Waals surface area contributed by atoms with Crippen LogP contribution in [0.15, 0.2) is 79.0 Å². The van der Waals surface area contributed by atoms with Gasteiger partial charge in [-0.15, -0.1) is 0 Å². The number of anilines is 1. The maximum absolute atomic E-state index is 13.7. The van der Waals surface area contributed by atoms with Gasteiger partial charge >= 0.3 is 6.18 Å². The zero-order valence-electron chi connectivity index (χ0n) is 23.6. The molecule has 3 aromatic carbocycles. The fourth-order valence-electron chi connectivity index (χ4n) is 4.35. The normalized spacial score (nSPS) is 13.5. The lowest BCUT2D eigenvalue weighted by atomic mass is 9.99. The number of ether oxygens (including phenoxy) is 1. The van der Waals surface area contributed by atoms with Crippen LogP contribution in [0, 0.1) is 6.92 Å². The summed E-state index contributed by atoms with van der Waals surface area (Å²) in [4.78, 5) is 15.9. The first kappa shape index (κ1) is 33.3. The number of amides is 1. The quantitative estimate of drug-likeness (QED) is 0.164. The molecule has 1 saturated heterocycles. The Hall–Kier alpha value is -4.19. The fourth-order valence-corrected chi connectivity index (χ4v) is 4.45. The number of hydrogen-bond donors (Lipinski definition) is 2. The Kier molecular flexibility index (Phi) is 11.1. The molecule has 0 bridgehead atoms. The van der Waals surface area contributed by atoms with Gasteiger partial charge in [-0.1, -0.05) is 49.1 Å². The van der Waals surface area contributed by atoms with E-state index in [2.05, 4.69) is 41.1 Å². The Balaban J connectivity index is 0.000000242. The van der Waals surface area contributed by atoms with Gasteiger partial charge in [0.1, 0.15) is 6.61 Å². The highest BCUT2D eigenvalue weighted by molar-refractivity contribution is 7.78. The van der Waals surface area contributed by atoms with Crippen molar-refractivity contribution in [1.82, 2.24) is 10.2 Å². The van der Waals surface area contributed by atoms with Gasteiger partial charge in [-0.05, 0) is 54.4 Å². The Morgan fingerprint density at radius 3 is 2.23 bits per heavy atom. The van der Waals surface area contributed by atoms with Crippen LogP contribution in [0.2, 0.25) is 0 Å². The lowest BCUT2D eigenvalue weighted by Gasteiger charge is -2.37. The topological polar surface area (TPSA) is 65.0 Å². The number of phenols is 1. The van der Waals surface area contributed by atoms with Crippen molar-refractivity contribution in [2.75, 3.05) is 31.1 Å². The predicted molar refractivity (Wildman–Crippen MR) is 159 cm³/mol. The number of carbonyl (C=O) groups is 1. The molecule has 6 nitrogen and oxygen atoms in total. The number of rotatable bonds is 8. The highest BCUT2D eigenvalue weighted by atomic mass is 32.1. The first-order valence-corrected chi connectivity index (χ1v) is 13.7. The summed E-state index contributed by atoms with van der Waals surface area (Å²) in [5.74, 6) is -3.80. The largest absolute Gasteiger partial charge is 0.504 e. The molecular formula is C31H32F5N3O3S. The minimum absolute atomic E-state index is 0.0610. The molecule has 0 aromatic heterocycles. The molecule has 2 N–H and O–H groups in total. The van der Waals surface area contributed by atoms with Crippen LogP contribution in [0.3, 0.4) is 0 Å². The molecule has 1 fully saturated rings. The summed E-state index contributed by atoms with van der Waals surface area (Å²) in [5.41, 5.74) is 1.69. The molecule has 4 rings (SSSR count). The van der Waals surface area contributed by atoms with Crippen LogP contribution in [0.5, 0.6) is 11.5 Å². The van der Waals surface area contributed by atoms with Crippen molar-refractivity contribution < 1.29 is 36.6 Å². The summed E-state index contributed by atoms with van der Waals surface area (Å²) in [6.45, 7) is 9.04. The maximum atomic E-state index is 13.7. The second kappa shape index (κ2) is 14.3. The van der Waals surface area contributed by atoms with Crippen LogP contribution in [-0.4, -0.2) is 47.6 Å². The van der Waals surface area contributed by atoms with Gasteiger partial charge in [-0.3, -0.25) is 4.79 Å². The van der Waals surface area contributed by atoms with Gasteiger partial charge in [0.15, 0.2) is 11.5 Å². The molecule has 1 aliphatic heterocycles. The molecular weight excluding hydrogens is 589 g/mol. The van der Waals surface area contributed by atoms with Crippen LogP contribution in [0.25, 0.3) is 0 Å². The molecule has 43 heavy (non-hydrogen) atoms. The Morgan fingerprint density at radius 2 is 1.67 bits per heavy atom. The number of hydrogen-bond acceptors (Lipinski definition) is 6. The van der Waals surface area contributed by atoms with Gasteiger partial charge < -0.3 is 25.0 Å². The summed E-state index contributed by atoms with van der Waals surface area (Å²) in [5, 5.41) is 12.2. The van der Waals surface area contributed by atoms with Gasteiger partial charge in [0.05, 0.1) is 16.8 Å². The van der Waals surface area contributed by atoms with E-state index in [1.165, 1.54) is 23.3 Å². The first-order valence-electron chi connectivity index (χ1n) is 13.2. The number of halogens is 5. The highest BCUT2D eigenvalue weighted by Gasteiger charge is 2.35. The van der Waals surface area contributed by atoms with Crippen molar-refractivity contribution in [3.63, 3.8) is 0 Å². The lowest BCUT2D eigenvalue weighted by molar-refractivity contribution is -0.137. The molecule has 230 valence electrons. The molecule has 0 spiro atoms. The third kappa shape index (κ3) is 9.40. The monoisotopic (exact) mass is 621 g/mol. The van der Waals surface area contributed by atoms with Gasteiger partial charge in [-0.25, -0.2) is 8.78 Å². The number of phenolic OH excluding ortho intramolecular Hbond substituents is 1. The zero-order valence-corrected chi connectivity index (χ0v) is 24.4. The third-order valence-electron chi connectivity index (χ3n) is 6.64. The number of aromatic hydroxyl groups is 1. The van der Waals surface area contributed by atoms with E-state index < -0.39 is 29.8 Å². The summed E-state index contributed by atoms with van der Waals surface area (Å²) in [6, 6.07) is 16.9. The fraction of sp³-hybridized carbons (Fsp3) is 0.290. The van der Waals surface area contributed by atoms with Crippen molar-refractivity contribution in [3.8, 4) is 11.5 Å². The van der Waals surface area contributed by atoms with Gasteiger partial charge in [0.25, 0.3) is 11.8 Å². The van der Waals surface area contributed by atoms with Crippen LogP contribution in [0.4, 0.5) is 27.6 Å². The van der Waals surface area contributed by atoms with E-state index >= 15 is 0 Å². The number of aryl methyl sites for hydroxylation is 1. The number of nitrogens with one attached hydrogen (secondary N) is 1. The highest BCUT2D eigenvalue weighted by Crippen LogP contribution is 2.37. The van der Waals surface area contributed by atoms with E-state index in [1.807, 2.05) is 23.1 Å². The van der Waals surface area contributed by atoms with E-state index in [0.29, 0.717) is 18.7 Å². The first-order chi connectivity index (χ1) is 20.2. The molecule has 0 unspecified atom stereocenters. The number of benzene rings is 3. The molecule has 1 aliphatic rings. The molecule has 3 aromatic rings. The molecule has 12 heteroatoms. The molecule has 0 atom stereocenters. The molecule has 1 amide bonds. The standard InChI is InChI=1S/C17H15F5O2.C14H17N3OS/c1-10-3-6-15(14(23)7-10)24-9-11-4-5-12(17(20,21)22)8-13(11)16(2,18)19;1-12(14(18)15-11-19)16-7-9-17(10-8-16)13-5-3-2-4-6-13/h3-8,23H,9H2,1-2H3;2-6,11H,1,7-10H2,(H,15,18,19). The number of nitrogens with zero attached hydrogens (tertiary/aromatic N) is 2. The summed E-state index contributed by atoms with van der Waals surface area (Å²) < 4.78 is 70.8. The van der Waals surface area contributed by atoms with Crippen molar-refractivity contribution in [3.05, 3.63) is 101 Å². The SMILES string of the molecule is C=C(C(=O)NC=S)N1CCN(c2ccccc2)CC1.Cc1ccc(OCc2ccc(C(F)(F)F)cc2C(C)(F)F)c(O)c1. The second-order valence-electron chi connectivity index (χ2n) is 9.87. The van der Waals surface area contributed by atoms with Crippen LogP contribution >= 0.6 is 12.2 Å². The number of thiocarbonyl (C=S) groups is 1. The molecule has 0 saturated carbocycles. The molecule has 0 radical (unpaired) electrons. The van der Waals surface area contributed by atoms with Crippen molar-refractivity contribution in [2.24, 2.45) is 0 Å². The average Bonchev–Trinajstić information content (AvgIpc) is 2.96. The van der Waals surface area contributed by atoms with Crippen molar-refractivity contribution in [2.45, 2.75) is 32.6 Å². The molecule has 1 heterocycles. The van der Waals surface area contributed by atoms with Crippen LogP contribution in [0.1, 0.15) is 29.2 Å². The predicted octanol–water partition coefficient (Wildman–Crippen LogP) is 6.81. The Bertz CT molecular complexity index is 1420. The minimum atomic E-state index is -4.71. The van der Waals surface area contributed by atoms with E-state index in [9.17, 15) is 31.9 Å². The third-order valence-corrected chi connectivity index (χ3v) is 6.76. The van der Waals surface area contributed by atoms with E-state index in [1.54, 1.807) is 13.0 Å². The van der Waals surface area contributed by atoms with Gasteiger partial charge in [0.2, 0.25) is 0 Å².